The van der Waals surface area contributed by atoms with Crippen LogP contribution in [-0.2, 0) is 31.8 Å². The molecule has 194 valence electrons. The van der Waals surface area contributed by atoms with Gasteiger partial charge >= 0.3 is 13.1 Å². The van der Waals surface area contributed by atoms with Gasteiger partial charge in [-0.3, -0.25) is 4.79 Å². The molecule has 0 spiro atoms. The predicted octanol–water partition coefficient (Wildman–Crippen LogP) is 3.35. The summed E-state index contributed by atoms with van der Waals surface area (Å²) in [7, 11) is 1.06. The number of benzene rings is 2. The van der Waals surface area contributed by atoms with Crippen LogP contribution in [0, 0.1) is 0 Å². The normalized spacial score (nSPS) is 17.2. The van der Waals surface area contributed by atoms with Crippen molar-refractivity contribution in [2.24, 2.45) is 0 Å². The summed E-state index contributed by atoms with van der Waals surface area (Å²) < 4.78 is 23.1. The average molecular weight is 497 g/mol. The predicted molar refractivity (Wildman–Crippen MR) is 138 cm³/mol. The Morgan fingerprint density at radius 3 is 2.17 bits per heavy atom. The monoisotopic (exact) mass is 497 g/mol. The van der Waals surface area contributed by atoms with E-state index < -0.39 is 30.4 Å². The number of carboxylic acid groups (broad SMARTS) is 1. The molecule has 2 aromatic rings. The van der Waals surface area contributed by atoms with Crippen LogP contribution < -0.4 is 15.5 Å². The van der Waals surface area contributed by atoms with Crippen molar-refractivity contribution < 1.29 is 33.5 Å². The first kappa shape index (κ1) is 27.7. The molecule has 36 heavy (non-hydrogen) atoms. The minimum Gasteiger partial charge on any atom is -0.496 e. The van der Waals surface area contributed by atoms with Gasteiger partial charge in [-0.1, -0.05) is 24.3 Å². The summed E-state index contributed by atoms with van der Waals surface area (Å²) in [6.07, 6.45) is -0.957. The van der Waals surface area contributed by atoms with Crippen molar-refractivity contribution in [3.05, 3.63) is 59.2 Å². The number of methoxy groups -OCH3 is 1. The summed E-state index contributed by atoms with van der Waals surface area (Å²) in [5.74, 6) is -0.653. The Labute approximate surface area is 213 Å². The van der Waals surface area contributed by atoms with E-state index in [-0.39, 0.29) is 25.0 Å². The molecule has 2 N–H and O–H groups in total. The molecule has 1 atom stereocenters. The largest absolute Gasteiger partial charge is 0.496 e. The van der Waals surface area contributed by atoms with Crippen molar-refractivity contribution in [1.82, 2.24) is 5.32 Å². The van der Waals surface area contributed by atoms with Crippen molar-refractivity contribution in [2.75, 3.05) is 7.11 Å². The van der Waals surface area contributed by atoms with Gasteiger partial charge in [0.25, 0.3) is 5.91 Å². The highest BCUT2D eigenvalue weighted by Crippen LogP contribution is 2.36. The second-order valence-corrected chi connectivity index (χ2v) is 10.3. The molecule has 1 amide bonds. The Hall–Kier alpha value is -2.88. The Kier molecular flexibility index (Phi) is 8.49. The number of aliphatic carboxylic acids is 1. The fraction of sp³-hybridized carbons (Fsp3) is 0.481. The van der Waals surface area contributed by atoms with Gasteiger partial charge in [-0.05, 0) is 70.8 Å². The lowest BCUT2D eigenvalue weighted by Crippen LogP contribution is -2.41. The van der Waals surface area contributed by atoms with E-state index in [9.17, 15) is 14.7 Å². The van der Waals surface area contributed by atoms with Gasteiger partial charge in [0.2, 0.25) is 0 Å². The molecular formula is C27H36BNO7. The van der Waals surface area contributed by atoms with Crippen LogP contribution in [0.25, 0.3) is 0 Å². The van der Waals surface area contributed by atoms with Gasteiger partial charge in [0.05, 0.1) is 24.4 Å². The van der Waals surface area contributed by atoms with Crippen molar-refractivity contribution in [3.63, 3.8) is 0 Å². The molecule has 0 radical (unpaired) electrons. The summed E-state index contributed by atoms with van der Waals surface area (Å²) in [6.45, 7) is 11.8. The van der Waals surface area contributed by atoms with Crippen LogP contribution >= 0.6 is 0 Å². The summed E-state index contributed by atoms with van der Waals surface area (Å²) in [6, 6.07) is 12.6. The fourth-order valence-corrected chi connectivity index (χ4v) is 3.88. The molecule has 8 nitrogen and oxygen atoms in total. The summed E-state index contributed by atoms with van der Waals surface area (Å²) in [4.78, 5) is 24.4. The standard InChI is InChI=1S/C27H36BNO7/c1-17(2)34-23(25(31)32)15-18-8-13-22(33-7)20(14-18)16-29-24(30)19-9-11-21(12-10-19)28-35-26(3,4)27(5,6)36-28/h8-14,17,23H,15-16H2,1-7H3,(H,29,30)(H,31,32). The summed E-state index contributed by atoms with van der Waals surface area (Å²) >= 11 is 0. The third-order valence-electron chi connectivity index (χ3n) is 6.62. The van der Waals surface area contributed by atoms with E-state index in [2.05, 4.69) is 5.32 Å². The number of amides is 1. The van der Waals surface area contributed by atoms with Crippen molar-refractivity contribution in [2.45, 2.75) is 77.9 Å². The molecule has 1 saturated heterocycles. The van der Waals surface area contributed by atoms with Gasteiger partial charge in [0.15, 0.2) is 6.10 Å². The second-order valence-electron chi connectivity index (χ2n) is 10.3. The smallest absolute Gasteiger partial charge is 0.494 e. The maximum absolute atomic E-state index is 12.8. The van der Waals surface area contributed by atoms with Crippen molar-refractivity contribution in [3.8, 4) is 5.75 Å². The lowest BCUT2D eigenvalue weighted by atomic mass is 9.79. The van der Waals surface area contributed by atoms with E-state index in [0.29, 0.717) is 11.3 Å². The van der Waals surface area contributed by atoms with E-state index in [0.717, 1.165) is 16.6 Å². The molecule has 9 heteroatoms. The van der Waals surface area contributed by atoms with Gasteiger partial charge < -0.3 is 29.2 Å². The highest BCUT2D eigenvalue weighted by molar-refractivity contribution is 6.62. The average Bonchev–Trinajstić information content (AvgIpc) is 3.03. The Morgan fingerprint density at radius 2 is 1.64 bits per heavy atom. The molecule has 1 fully saturated rings. The third-order valence-corrected chi connectivity index (χ3v) is 6.62. The van der Waals surface area contributed by atoms with Crippen molar-refractivity contribution in [1.29, 1.82) is 0 Å². The van der Waals surface area contributed by atoms with Crippen LogP contribution in [0.1, 0.15) is 63.0 Å². The molecule has 0 aliphatic carbocycles. The van der Waals surface area contributed by atoms with Crippen LogP contribution in [0.2, 0.25) is 0 Å². The maximum atomic E-state index is 12.8. The Balaban J connectivity index is 1.66. The number of carboxylic acids is 1. The van der Waals surface area contributed by atoms with Crippen LogP contribution in [0.3, 0.4) is 0 Å². The number of hydrogen-bond acceptors (Lipinski definition) is 6. The molecule has 0 bridgehead atoms. The lowest BCUT2D eigenvalue weighted by Gasteiger charge is -2.32. The Morgan fingerprint density at radius 1 is 1.03 bits per heavy atom. The van der Waals surface area contributed by atoms with E-state index in [4.69, 9.17) is 18.8 Å². The molecule has 1 heterocycles. The molecule has 2 aromatic carbocycles. The number of ether oxygens (including phenoxy) is 2. The lowest BCUT2D eigenvalue weighted by molar-refractivity contribution is -0.153. The first-order valence-corrected chi connectivity index (χ1v) is 12.1. The highest BCUT2D eigenvalue weighted by atomic mass is 16.7. The van der Waals surface area contributed by atoms with Gasteiger partial charge in [-0.25, -0.2) is 4.79 Å². The molecule has 1 aliphatic rings. The highest BCUT2D eigenvalue weighted by Gasteiger charge is 2.51. The van der Waals surface area contributed by atoms with Crippen LogP contribution in [-0.4, -0.2) is 54.6 Å². The maximum Gasteiger partial charge on any atom is 0.494 e. The van der Waals surface area contributed by atoms with Gasteiger partial charge in [0.1, 0.15) is 5.75 Å². The molecule has 1 unspecified atom stereocenters. The zero-order chi connectivity index (χ0) is 26.7. The fourth-order valence-electron chi connectivity index (χ4n) is 3.88. The van der Waals surface area contributed by atoms with Crippen LogP contribution in [0.4, 0.5) is 0 Å². The van der Waals surface area contributed by atoms with E-state index in [1.807, 2.05) is 45.9 Å². The molecular weight excluding hydrogens is 461 g/mol. The quantitative estimate of drug-likeness (QED) is 0.486. The number of nitrogens with one attached hydrogen (secondary N) is 1. The van der Waals surface area contributed by atoms with Gasteiger partial charge in [0, 0.05) is 24.1 Å². The van der Waals surface area contributed by atoms with E-state index in [1.165, 1.54) is 0 Å². The first-order chi connectivity index (χ1) is 16.8. The minimum absolute atomic E-state index is 0.207. The summed E-state index contributed by atoms with van der Waals surface area (Å²) in [5, 5.41) is 12.4. The number of carbonyl (C=O) groups is 2. The topological polar surface area (TPSA) is 103 Å². The molecule has 0 aromatic heterocycles. The second kappa shape index (κ2) is 11.0. The Bertz CT molecular complexity index is 1070. The third kappa shape index (κ3) is 6.46. The van der Waals surface area contributed by atoms with Crippen LogP contribution in [0.15, 0.2) is 42.5 Å². The first-order valence-electron chi connectivity index (χ1n) is 12.1. The summed E-state index contributed by atoms with van der Waals surface area (Å²) in [5.41, 5.74) is 1.99. The number of carbonyl (C=O) groups excluding carboxylic acids is 1. The van der Waals surface area contributed by atoms with E-state index >= 15 is 0 Å². The zero-order valence-corrected chi connectivity index (χ0v) is 22.1. The van der Waals surface area contributed by atoms with Crippen molar-refractivity contribution >= 4 is 24.5 Å². The van der Waals surface area contributed by atoms with E-state index in [1.54, 1.807) is 45.2 Å². The van der Waals surface area contributed by atoms with Gasteiger partial charge in [-0.2, -0.15) is 0 Å². The number of rotatable bonds is 10. The SMILES string of the molecule is COc1ccc(CC(OC(C)C)C(=O)O)cc1CNC(=O)c1ccc(B2OC(C)(C)C(C)(C)O2)cc1. The molecule has 1 aliphatic heterocycles. The zero-order valence-electron chi connectivity index (χ0n) is 22.1. The van der Waals surface area contributed by atoms with Gasteiger partial charge in [-0.15, -0.1) is 0 Å². The number of hydrogen-bond donors (Lipinski definition) is 2. The molecule has 3 rings (SSSR count). The molecule has 0 saturated carbocycles. The minimum atomic E-state index is -1.02. The van der Waals surface area contributed by atoms with Crippen LogP contribution in [0.5, 0.6) is 5.75 Å².